The summed E-state index contributed by atoms with van der Waals surface area (Å²) in [6.45, 7) is 4.13. The first-order valence-corrected chi connectivity index (χ1v) is 11.4. The highest BCUT2D eigenvalue weighted by molar-refractivity contribution is 6.36. The molecule has 0 aliphatic heterocycles. The molecule has 0 saturated heterocycles. The Bertz CT molecular complexity index is 1150. The summed E-state index contributed by atoms with van der Waals surface area (Å²) in [7, 11) is 0. The van der Waals surface area contributed by atoms with E-state index in [4.69, 9.17) is 27.9 Å². The maximum absolute atomic E-state index is 12.6. The number of nitrogens with one attached hydrogen (secondary N) is 2. The van der Waals surface area contributed by atoms with Gasteiger partial charge in [0.2, 0.25) is 0 Å². The molecule has 1 atom stereocenters. The monoisotopic (exact) mass is 497 g/mol. The van der Waals surface area contributed by atoms with Gasteiger partial charge in [0.1, 0.15) is 18.4 Å². The second-order valence-corrected chi connectivity index (χ2v) is 8.74. The number of benzene rings is 3. The van der Waals surface area contributed by atoms with E-state index in [0.717, 1.165) is 16.9 Å². The molecule has 8 heteroatoms. The number of halogens is 2. The van der Waals surface area contributed by atoms with Crippen molar-refractivity contribution in [3.05, 3.63) is 99.5 Å². The van der Waals surface area contributed by atoms with Crippen LogP contribution in [0.4, 0.5) is 0 Å². The van der Waals surface area contributed by atoms with Crippen molar-refractivity contribution in [1.29, 1.82) is 0 Å². The zero-order valence-electron chi connectivity index (χ0n) is 18.8. The van der Waals surface area contributed by atoms with Crippen LogP contribution in [0.25, 0.3) is 0 Å². The van der Waals surface area contributed by atoms with E-state index in [1.807, 2.05) is 68.4 Å². The summed E-state index contributed by atoms with van der Waals surface area (Å²) in [5.41, 5.74) is 4.59. The van der Waals surface area contributed by atoms with Gasteiger partial charge in [0, 0.05) is 5.02 Å². The molecular formula is C26H25Cl2N3O3. The van der Waals surface area contributed by atoms with Gasteiger partial charge in [0.25, 0.3) is 11.8 Å². The number of ether oxygens (including phenoxy) is 1. The van der Waals surface area contributed by atoms with Crippen LogP contribution < -0.4 is 15.5 Å². The van der Waals surface area contributed by atoms with Gasteiger partial charge in [-0.2, -0.15) is 5.10 Å². The van der Waals surface area contributed by atoms with E-state index in [9.17, 15) is 9.59 Å². The Balaban J connectivity index is 1.54. The second-order valence-electron chi connectivity index (χ2n) is 7.90. The number of hydrazone groups is 1. The summed E-state index contributed by atoms with van der Waals surface area (Å²) in [5, 5.41) is 7.36. The fourth-order valence-corrected chi connectivity index (χ4v) is 3.55. The van der Waals surface area contributed by atoms with Crippen LogP contribution in [0.1, 0.15) is 35.3 Å². The van der Waals surface area contributed by atoms with Crippen molar-refractivity contribution in [2.75, 3.05) is 0 Å². The molecule has 34 heavy (non-hydrogen) atoms. The molecule has 0 saturated carbocycles. The molecule has 0 aromatic heterocycles. The number of rotatable bonds is 9. The number of hydrogen-bond acceptors (Lipinski definition) is 4. The summed E-state index contributed by atoms with van der Waals surface area (Å²) in [5.74, 6) is -0.349. The smallest absolute Gasteiger partial charge is 0.262 e. The van der Waals surface area contributed by atoms with E-state index in [1.165, 1.54) is 18.3 Å². The Labute approximate surface area is 208 Å². The maximum atomic E-state index is 12.6. The molecule has 0 heterocycles. The molecule has 2 N–H and O–H groups in total. The maximum Gasteiger partial charge on any atom is 0.262 e. The lowest BCUT2D eigenvalue weighted by Crippen LogP contribution is -2.48. The van der Waals surface area contributed by atoms with E-state index in [0.29, 0.717) is 11.6 Å². The van der Waals surface area contributed by atoms with Gasteiger partial charge in [0.15, 0.2) is 0 Å². The van der Waals surface area contributed by atoms with Crippen LogP contribution in [-0.4, -0.2) is 24.1 Å². The summed E-state index contributed by atoms with van der Waals surface area (Å²) in [6, 6.07) is 21.0. The highest BCUT2D eigenvalue weighted by atomic mass is 35.5. The van der Waals surface area contributed by atoms with Gasteiger partial charge in [-0.15, -0.1) is 0 Å². The zero-order chi connectivity index (χ0) is 24.5. The van der Waals surface area contributed by atoms with Crippen LogP contribution in [0.15, 0.2) is 77.9 Å². The Morgan fingerprint density at radius 1 is 1.00 bits per heavy atom. The first kappa shape index (κ1) is 25.3. The second kappa shape index (κ2) is 12.2. The van der Waals surface area contributed by atoms with Crippen LogP contribution in [0, 0.1) is 5.92 Å². The Kier molecular flexibility index (Phi) is 9.08. The van der Waals surface area contributed by atoms with Gasteiger partial charge in [-0.25, -0.2) is 5.43 Å². The standard InChI is InChI=1S/C26H25Cl2N3O3/c1-17(2)24(30-25(32)22-13-10-20(27)14-23(22)28)26(33)31-29-15-18-8-11-21(12-9-18)34-16-19-6-4-3-5-7-19/h3-15,17,24H,16H2,1-2H3,(H,30,32)(H,31,33)/b29-15+. The molecule has 0 aliphatic rings. The third kappa shape index (κ3) is 7.33. The number of carbonyl (C=O) groups excluding carboxylic acids is 2. The molecule has 0 bridgehead atoms. The minimum absolute atomic E-state index is 0.175. The number of nitrogens with zero attached hydrogens (tertiary/aromatic N) is 1. The van der Waals surface area contributed by atoms with Gasteiger partial charge in [-0.3, -0.25) is 9.59 Å². The van der Waals surface area contributed by atoms with E-state index in [2.05, 4.69) is 15.8 Å². The first-order valence-electron chi connectivity index (χ1n) is 10.7. The molecular weight excluding hydrogens is 473 g/mol. The van der Waals surface area contributed by atoms with Crippen molar-refractivity contribution in [2.24, 2.45) is 11.0 Å². The average Bonchev–Trinajstić information content (AvgIpc) is 2.82. The molecule has 0 radical (unpaired) electrons. The fraction of sp³-hybridized carbons (Fsp3) is 0.192. The van der Waals surface area contributed by atoms with Crippen molar-refractivity contribution in [2.45, 2.75) is 26.5 Å². The quantitative estimate of drug-likeness (QED) is 0.303. The Morgan fingerprint density at radius 2 is 1.71 bits per heavy atom. The van der Waals surface area contributed by atoms with E-state index in [1.54, 1.807) is 6.07 Å². The molecule has 3 rings (SSSR count). The van der Waals surface area contributed by atoms with Crippen LogP contribution in [0.2, 0.25) is 10.0 Å². The lowest BCUT2D eigenvalue weighted by molar-refractivity contribution is -0.123. The lowest BCUT2D eigenvalue weighted by Gasteiger charge is -2.20. The molecule has 0 spiro atoms. The zero-order valence-corrected chi connectivity index (χ0v) is 20.3. The Morgan fingerprint density at radius 3 is 2.35 bits per heavy atom. The van der Waals surface area contributed by atoms with Crippen molar-refractivity contribution in [1.82, 2.24) is 10.7 Å². The van der Waals surface area contributed by atoms with E-state index in [-0.39, 0.29) is 16.5 Å². The molecule has 0 fully saturated rings. The van der Waals surface area contributed by atoms with Gasteiger partial charge in [-0.1, -0.05) is 67.4 Å². The molecule has 1 unspecified atom stereocenters. The average molecular weight is 498 g/mol. The number of carbonyl (C=O) groups is 2. The number of amides is 2. The van der Waals surface area contributed by atoms with Crippen molar-refractivity contribution >= 4 is 41.2 Å². The molecule has 2 amide bonds. The van der Waals surface area contributed by atoms with Crippen molar-refractivity contribution in [3.8, 4) is 5.75 Å². The molecule has 3 aromatic carbocycles. The van der Waals surface area contributed by atoms with Gasteiger partial charge < -0.3 is 10.1 Å². The molecule has 6 nitrogen and oxygen atoms in total. The third-order valence-corrected chi connectivity index (χ3v) is 5.48. The topological polar surface area (TPSA) is 79.8 Å². The summed E-state index contributed by atoms with van der Waals surface area (Å²) in [6.07, 6.45) is 1.52. The minimum atomic E-state index is -0.801. The largest absolute Gasteiger partial charge is 0.489 e. The normalized spacial score (nSPS) is 11.9. The molecule has 0 aliphatic carbocycles. The number of hydrogen-bond donors (Lipinski definition) is 2. The van der Waals surface area contributed by atoms with Crippen LogP contribution in [0.5, 0.6) is 5.75 Å². The summed E-state index contributed by atoms with van der Waals surface area (Å²) in [4.78, 5) is 25.2. The van der Waals surface area contributed by atoms with Crippen LogP contribution in [-0.2, 0) is 11.4 Å². The molecule has 3 aromatic rings. The highest BCUT2D eigenvalue weighted by Gasteiger charge is 2.25. The third-order valence-electron chi connectivity index (χ3n) is 4.93. The van der Waals surface area contributed by atoms with Gasteiger partial charge in [-0.05, 0) is 59.5 Å². The van der Waals surface area contributed by atoms with Crippen LogP contribution >= 0.6 is 23.2 Å². The summed E-state index contributed by atoms with van der Waals surface area (Å²) < 4.78 is 5.76. The summed E-state index contributed by atoms with van der Waals surface area (Å²) >= 11 is 12.0. The van der Waals surface area contributed by atoms with Gasteiger partial charge in [0.05, 0.1) is 16.8 Å². The minimum Gasteiger partial charge on any atom is -0.489 e. The van der Waals surface area contributed by atoms with E-state index >= 15 is 0 Å². The lowest BCUT2D eigenvalue weighted by atomic mass is 10.0. The van der Waals surface area contributed by atoms with Crippen molar-refractivity contribution < 1.29 is 14.3 Å². The van der Waals surface area contributed by atoms with E-state index < -0.39 is 17.9 Å². The predicted octanol–water partition coefficient (Wildman–Crippen LogP) is 5.48. The van der Waals surface area contributed by atoms with Crippen LogP contribution in [0.3, 0.4) is 0 Å². The Hall–Kier alpha value is -3.35. The fourth-order valence-electron chi connectivity index (χ4n) is 3.06. The van der Waals surface area contributed by atoms with Gasteiger partial charge >= 0.3 is 0 Å². The SMILES string of the molecule is CC(C)C(NC(=O)c1ccc(Cl)cc1Cl)C(=O)N/N=C/c1ccc(OCc2ccccc2)cc1. The predicted molar refractivity (Wildman–Crippen MR) is 136 cm³/mol. The highest BCUT2D eigenvalue weighted by Crippen LogP contribution is 2.21. The van der Waals surface area contributed by atoms with Crippen molar-refractivity contribution in [3.63, 3.8) is 0 Å². The first-order chi connectivity index (χ1) is 16.3. The molecule has 176 valence electrons.